The van der Waals surface area contributed by atoms with E-state index in [1.165, 1.54) is 66.8 Å². The van der Waals surface area contributed by atoms with E-state index in [0.717, 1.165) is 46.6 Å². The molecular weight excluding hydrogens is 675 g/mol. The van der Waals surface area contributed by atoms with Crippen LogP contribution in [0.25, 0.3) is 44.5 Å². The highest BCUT2D eigenvalue weighted by molar-refractivity contribution is 5.97. The maximum atomic E-state index is 8.80. The second-order valence-corrected chi connectivity index (χ2v) is 16.6. The van der Waals surface area contributed by atoms with Gasteiger partial charge in [-0.25, -0.2) is 0 Å². The van der Waals surface area contributed by atoms with Crippen molar-refractivity contribution in [2.75, 3.05) is 4.90 Å². The summed E-state index contributed by atoms with van der Waals surface area (Å²) < 4.78 is 8.80. The quantitative estimate of drug-likeness (QED) is 0.171. The number of rotatable bonds is 5. The molecule has 0 radical (unpaired) electrons. The number of hydrogen-bond donors (Lipinski definition) is 0. The number of benzene rings is 8. The van der Waals surface area contributed by atoms with E-state index in [-0.39, 0.29) is 5.41 Å². The fraction of sp³-hybridized carbons (Fsp3) is 0.127. The minimum absolute atomic E-state index is 0.140. The minimum Gasteiger partial charge on any atom is -0.310 e. The van der Waals surface area contributed by atoms with Crippen LogP contribution in [0.15, 0.2) is 182 Å². The van der Waals surface area contributed by atoms with Crippen molar-refractivity contribution in [1.29, 1.82) is 0 Å². The zero-order valence-electron chi connectivity index (χ0n) is 32.7. The minimum atomic E-state index is -0.438. The molecule has 4 aliphatic carbocycles. The van der Waals surface area contributed by atoms with Crippen LogP contribution in [0.3, 0.4) is 0 Å². The summed E-state index contributed by atoms with van der Waals surface area (Å²) in [4.78, 5) is 2.50. The number of para-hydroxylation sites is 1. The van der Waals surface area contributed by atoms with E-state index in [9.17, 15) is 0 Å². The Morgan fingerprint density at radius 1 is 0.429 bits per heavy atom. The molecule has 0 heterocycles. The van der Waals surface area contributed by atoms with Gasteiger partial charge in [-0.1, -0.05) is 166 Å². The van der Waals surface area contributed by atoms with Gasteiger partial charge in [0.2, 0.25) is 0 Å². The molecule has 0 saturated heterocycles. The lowest BCUT2D eigenvalue weighted by atomic mass is 9.70. The first kappa shape index (κ1) is 30.8. The van der Waals surface area contributed by atoms with E-state index in [0.29, 0.717) is 0 Å². The molecule has 1 heteroatoms. The summed E-state index contributed by atoms with van der Waals surface area (Å²) in [5.74, 6) is -0.422. The van der Waals surface area contributed by atoms with E-state index in [1.807, 2.05) is 0 Å². The first-order valence-electron chi connectivity index (χ1n) is 20.6. The highest BCUT2D eigenvalue weighted by atomic mass is 15.1. The Kier molecular flexibility index (Phi) is 6.36. The third-order valence-electron chi connectivity index (χ3n) is 13.3. The second kappa shape index (κ2) is 11.5. The molecule has 8 aromatic carbocycles. The highest BCUT2D eigenvalue weighted by Crippen LogP contribution is 2.63. The Bertz CT molecular complexity index is 2900. The molecule has 0 atom stereocenters. The Hall–Kier alpha value is -6.44. The Morgan fingerprint density at radius 3 is 1.41 bits per heavy atom. The van der Waals surface area contributed by atoms with E-state index >= 15 is 0 Å². The van der Waals surface area contributed by atoms with Gasteiger partial charge < -0.3 is 4.90 Å². The molecule has 0 N–H and O–H groups in total. The summed E-state index contributed by atoms with van der Waals surface area (Å²) >= 11 is 0. The third-order valence-corrected chi connectivity index (χ3v) is 13.3. The average molecular weight is 717 g/mol. The molecule has 8 aromatic rings. The van der Waals surface area contributed by atoms with Crippen molar-refractivity contribution in [3.8, 4) is 44.5 Å². The van der Waals surface area contributed by atoms with Crippen molar-refractivity contribution >= 4 is 17.1 Å². The highest BCUT2D eigenvalue weighted by Gasteiger charge is 2.51. The second-order valence-electron chi connectivity index (χ2n) is 16.6. The van der Waals surface area contributed by atoms with Gasteiger partial charge in [0.15, 0.2) is 0 Å². The van der Waals surface area contributed by atoms with Gasteiger partial charge in [0, 0.05) is 23.7 Å². The van der Waals surface area contributed by atoms with Crippen molar-refractivity contribution in [2.45, 2.75) is 43.4 Å². The van der Waals surface area contributed by atoms with Crippen LogP contribution in [-0.4, -0.2) is 0 Å². The first-order chi connectivity index (χ1) is 27.9. The van der Waals surface area contributed by atoms with Crippen LogP contribution in [0, 0.1) is 0 Å². The molecule has 0 aromatic heterocycles. The molecule has 0 aliphatic heterocycles. The van der Waals surface area contributed by atoms with Crippen LogP contribution in [0.2, 0.25) is 0 Å². The fourth-order valence-corrected chi connectivity index (χ4v) is 10.6. The third kappa shape index (κ3) is 4.26. The SMILES string of the molecule is [2H]C1(c2ccc(-c3ccccc3N(c3ccc4c(c3)C(C)(C)c3ccccc3-4)c3ccc4c(c3)C3(c5ccccc5-c5ccccc53)c3ccccc3-4)cc2)CC1. The first-order valence-corrected chi connectivity index (χ1v) is 20.1. The van der Waals surface area contributed by atoms with Crippen LogP contribution in [-0.2, 0) is 10.8 Å². The molecule has 0 unspecified atom stereocenters. The molecule has 0 bridgehead atoms. The number of nitrogens with zero attached hydrogens (tertiary/aromatic N) is 1. The standard InChI is InChI=1S/C55H41N/c1-54(2)47-18-8-3-14-41(47)45-31-29-38(33-51(45)54)56(53-22-12-7-13-40(53)37-27-25-36(26-28-37)35-23-24-35)39-30-32-46-44-17-6-11-21-50(44)55(52(46)34-39)48-19-9-4-15-42(48)43-16-5-10-20-49(43)55/h3-22,25-35H,23-24H2,1-2H3/i35D. The maximum absolute atomic E-state index is 8.80. The van der Waals surface area contributed by atoms with Crippen LogP contribution >= 0.6 is 0 Å². The van der Waals surface area contributed by atoms with Crippen LogP contribution in [0.5, 0.6) is 0 Å². The summed E-state index contributed by atoms with van der Waals surface area (Å²) in [5.41, 5.74) is 22.2. The number of hydrogen-bond acceptors (Lipinski definition) is 1. The summed E-state index contributed by atoms with van der Waals surface area (Å²) in [5, 5.41) is 0. The smallest absolute Gasteiger partial charge is 0.0726 e. The van der Waals surface area contributed by atoms with Crippen molar-refractivity contribution < 1.29 is 1.37 Å². The normalized spacial score (nSPS) is 16.6. The summed E-state index contributed by atoms with van der Waals surface area (Å²) in [6.45, 7) is 4.73. The molecule has 56 heavy (non-hydrogen) atoms. The zero-order chi connectivity index (χ0) is 38.1. The van der Waals surface area contributed by atoms with Gasteiger partial charge in [0.05, 0.1) is 11.1 Å². The lowest BCUT2D eigenvalue weighted by Crippen LogP contribution is -2.26. The van der Waals surface area contributed by atoms with Crippen molar-refractivity contribution in [3.63, 3.8) is 0 Å². The molecule has 4 aliphatic rings. The van der Waals surface area contributed by atoms with E-state index < -0.39 is 11.3 Å². The van der Waals surface area contributed by atoms with Gasteiger partial charge in [-0.15, -0.1) is 0 Å². The van der Waals surface area contributed by atoms with Gasteiger partial charge in [-0.2, -0.15) is 0 Å². The van der Waals surface area contributed by atoms with Crippen molar-refractivity contribution in [1.82, 2.24) is 0 Å². The van der Waals surface area contributed by atoms with E-state index in [1.54, 1.807) is 0 Å². The largest absolute Gasteiger partial charge is 0.310 e. The van der Waals surface area contributed by atoms with E-state index in [4.69, 9.17) is 1.37 Å². The average Bonchev–Trinajstić information content (AvgIpc) is 3.78. The van der Waals surface area contributed by atoms with Crippen LogP contribution in [0.1, 0.15) is 72.9 Å². The predicted octanol–water partition coefficient (Wildman–Crippen LogP) is 14.4. The lowest BCUT2D eigenvalue weighted by Gasteiger charge is -2.33. The number of anilines is 3. The predicted molar refractivity (Wildman–Crippen MR) is 232 cm³/mol. The van der Waals surface area contributed by atoms with Crippen LogP contribution in [0.4, 0.5) is 17.1 Å². The van der Waals surface area contributed by atoms with Gasteiger partial charge >= 0.3 is 0 Å². The molecule has 0 amide bonds. The monoisotopic (exact) mass is 716 g/mol. The molecule has 12 rings (SSSR count). The molecule has 1 saturated carbocycles. The molecule has 1 spiro atoms. The topological polar surface area (TPSA) is 3.24 Å². The Labute approximate surface area is 331 Å². The van der Waals surface area contributed by atoms with Gasteiger partial charge in [-0.05, 0) is 127 Å². The summed E-state index contributed by atoms with van der Waals surface area (Å²) in [6, 6.07) is 68.1. The molecule has 1 nitrogen and oxygen atoms in total. The van der Waals surface area contributed by atoms with E-state index in [2.05, 4.69) is 201 Å². The fourth-order valence-electron chi connectivity index (χ4n) is 10.6. The maximum Gasteiger partial charge on any atom is 0.0726 e. The Morgan fingerprint density at radius 2 is 0.857 bits per heavy atom. The molecular formula is C55H41N. The van der Waals surface area contributed by atoms with Crippen LogP contribution < -0.4 is 4.90 Å². The van der Waals surface area contributed by atoms with Crippen molar-refractivity contribution in [3.05, 3.63) is 221 Å². The van der Waals surface area contributed by atoms with Gasteiger partial charge in [-0.3, -0.25) is 0 Å². The summed E-state index contributed by atoms with van der Waals surface area (Å²) in [7, 11) is 0. The Balaban J connectivity index is 1.11. The zero-order valence-corrected chi connectivity index (χ0v) is 31.7. The summed E-state index contributed by atoms with van der Waals surface area (Å²) in [6.07, 6.45) is 1.88. The van der Waals surface area contributed by atoms with Gasteiger partial charge in [0.25, 0.3) is 0 Å². The molecule has 1 fully saturated rings. The van der Waals surface area contributed by atoms with Gasteiger partial charge in [0.1, 0.15) is 0 Å². The number of fused-ring (bicyclic) bond motifs is 13. The van der Waals surface area contributed by atoms with Crippen molar-refractivity contribution in [2.24, 2.45) is 0 Å². The lowest BCUT2D eigenvalue weighted by molar-refractivity contribution is 0.660. The molecule has 266 valence electrons.